The average Bonchev–Trinajstić information content (AvgIpc) is 2.48. The van der Waals surface area contributed by atoms with Crippen molar-refractivity contribution < 1.29 is 0 Å². The molecule has 2 N–H and O–H groups in total. The number of hydrogen-bond donors (Lipinski definition) is 1. The molecule has 1 aromatic heterocycles. The summed E-state index contributed by atoms with van der Waals surface area (Å²) >= 11 is 0. The second kappa shape index (κ2) is 5.21. The zero-order chi connectivity index (χ0) is 13.1. The van der Waals surface area contributed by atoms with Gasteiger partial charge in [0, 0.05) is 23.5 Å². The largest absolute Gasteiger partial charge is 0.324 e. The first-order valence-corrected chi connectivity index (χ1v) is 6.48. The van der Waals surface area contributed by atoms with E-state index in [-0.39, 0.29) is 6.04 Å². The molecule has 0 saturated carbocycles. The summed E-state index contributed by atoms with van der Waals surface area (Å²) < 4.78 is 0. The summed E-state index contributed by atoms with van der Waals surface area (Å²) in [5.41, 5.74) is 9.45. The predicted molar refractivity (Wildman–Crippen MR) is 78.8 cm³/mol. The lowest BCUT2D eigenvalue weighted by Crippen LogP contribution is -2.13. The van der Waals surface area contributed by atoms with Gasteiger partial charge in [-0.25, -0.2) is 0 Å². The summed E-state index contributed by atoms with van der Waals surface area (Å²) in [6, 6.07) is 22.5. The second-order valence-electron chi connectivity index (χ2n) is 4.72. The number of hydrogen-bond acceptors (Lipinski definition) is 2. The van der Waals surface area contributed by atoms with Crippen molar-refractivity contribution in [2.24, 2.45) is 5.73 Å². The van der Waals surface area contributed by atoms with E-state index in [1.165, 1.54) is 5.39 Å². The van der Waals surface area contributed by atoms with Crippen LogP contribution in [-0.2, 0) is 6.42 Å². The lowest BCUT2D eigenvalue weighted by molar-refractivity contribution is 0.709. The molecule has 0 bridgehead atoms. The molecule has 94 valence electrons. The smallest absolute Gasteiger partial charge is 0.0705 e. The Labute approximate surface area is 112 Å². The highest BCUT2D eigenvalue weighted by Gasteiger charge is 2.07. The Morgan fingerprint density at radius 1 is 0.842 bits per heavy atom. The van der Waals surface area contributed by atoms with Crippen LogP contribution in [0, 0.1) is 0 Å². The van der Waals surface area contributed by atoms with Crippen LogP contribution in [0.15, 0.2) is 66.7 Å². The van der Waals surface area contributed by atoms with Crippen molar-refractivity contribution in [1.29, 1.82) is 0 Å². The number of fused-ring (bicyclic) bond motifs is 1. The summed E-state index contributed by atoms with van der Waals surface area (Å²) in [6.45, 7) is 0. The van der Waals surface area contributed by atoms with Gasteiger partial charge in [-0.3, -0.25) is 4.98 Å². The van der Waals surface area contributed by atoms with Crippen LogP contribution in [0.5, 0.6) is 0 Å². The topological polar surface area (TPSA) is 38.9 Å². The number of benzene rings is 2. The molecular weight excluding hydrogens is 232 g/mol. The molecule has 1 atom stereocenters. The van der Waals surface area contributed by atoms with Crippen LogP contribution in [0.4, 0.5) is 0 Å². The SMILES string of the molecule is NC(Cc1ccc2ccccc2n1)c1ccccc1. The Hall–Kier alpha value is -2.19. The van der Waals surface area contributed by atoms with Crippen LogP contribution in [0.2, 0.25) is 0 Å². The normalized spacial score (nSPS) is 12.5. The highest BCUT2D eigenvalue weighted by Crippen LogP contribution is 2.17. The van der Waals surface area contributed by atoms with Crippen LogP contribution < -0.4 is 5.73 Å². The van der Waals surface area contributed by atoms with Crippen LogP contribution in [0.25, 0.3) is 10.9 Å². The number of rotatable bonds is 3. The molecule has 0 saturated heterocycles. The summed E-state index contributed by atoms with van der Waals surface area (Å²) in [7, 11) is 0. The van der Waals surface area contributed by atoms with E-state index < -0.39 is 0 Å². The fourth-order valence-corrected chi connectivity index (χ4v) is 2.27. The van der Waals surface area contributed by atoms with E-state index in [2.05, 4.69) is 35.3 Å². The third-order valence-corrected chi connectivity index (χ3v) is 3.31. The first-order valence-electron chi connectivity index (χ1n) is 6.48. The lowest BCUT2D eigenvalue weighted by Gasteiger charge is -2.11. The van der Waals surface area contributed by atoms with Crippen molar-refractivity contribution in [3.05, 3.63) is 78.0 Å². The predicted octanol–water partition coefficient (Wildman–Crippen LogP) is 3.48. The highest BCUT2D eigenvalue weighted by molar-refractivity contribution is 5.78. The minimum atomic E-state index is -0.00476. The number of para-hydroxylation sites is 1. The average molecular weight is 248 g/mol. The lowest BCUT2D eigenvalue weighted by atomic mass is 10.0. The van der Waals surface area contributed by atoms with Gasteiger partial charge in [-0.05, 0) is 17.7 Å². The molecule has 0 radical (unpaired) electrons. The number of aromatic nitrogens is 1. The quantitative estimate of drug-likeness (QED) is 0.770. The number of nitrogens with zero attached hydrogens (tertiary/aromatic N) is 1. The Kier molecular flexibility index (Phi) is 3.25. The molecule has 0 aliphatic rings. The molecule has 2 aromatic carbocycles. The van der Waals surface area contributed by atoms with Crippen molar-refractivity contribution in [3.63, 3.8) is 0 Å². The molecule has 2 nitrogen and oxygen atoms in total. The van der Waals surface area contributed by atoms with Gasteiger partial charge in [0.1, 0.15) is 0 Å². The molecule has 0 aliphatic heterocycles. The van der Waals surface area contributed by atoms with Gasteiger partial charge in [-0.15, -0.1) is 0 Å². The van der Waals surface area contributed by atoms with Crippen LogP contribution in [0.1, 0.15) is 17.3 Å². The zero-order valence-electron chi connectivity index (χ0n) is 10.7. The van der Waals surface area contributed by atoms with E-state index in [9.17, 15) is 0 Å². The Balaban J connectivity index is 1.85. The fraction of sp³-hybridized carbons (Fsp3) is 0.118. The molecule has 0 fully saturated rings. The molecule has 0 spiro atoms. The van der Waals surface area contributed by atoms with Gasteiger partial charge in [-0.1, -0.05) is 54.6 Å². The Morgan fingerprint density at radius 2 is 1.58 bits per heavy atom. The first kappa shape index (κ1) is 11.9. The summed E-state index contributed by atoms with van der Waals surface area (Å²) in [5.74, 6) is 0. The monoisotopic (exact) mass is 248 g/mol. The molecule has 0 amide bonds. The van der Waals surface area contributed by atoms with E-state index in [0.29, 0.717) is 0 Å². The van der Waals surface area contributed by atoms with Crippen LogP contribution in [-0.4, -0.2) is 4.98 Å². The second-order valence-corrected chi connectivity index (χ2v) is 4.72. The van der Waals surface area contributed by atoms with Gasteiger partial charge in [-0.2, -0.15) is 0 Å². The van der Waals surface area contributed by atoms with E-state index in [1.807, 2.05) is 36.4 Å². The van der Waals surface area contributed by atoms with Gasteiger partial charge < -0.3 is 5.73 Å². The third kappa shape index (κ3) is 2.64. The zero-order valence-corrected chi connectivity index (χ0v) is 10.7. The summed E-state index contributed by atoms with van der Waals surface area (Å²) in [4.78, 5) is 4.66. The fourth-order valence-electron chi connectivity index (χ4n) is 2.27. The van der Waals surface area contributed by atoms with Gasteiger partial charge in [0.2, 0.25) is 0 Å². The molecule has 19 heavy (non-hydrogen) atoms. The maximum absolute atomic E-state index is 6.23. The third-order valence-electron chi connectivity index (χ3n) is 3.31. The van der Waals surface area contributed by atoms with Gasteiger partial charge in [0.15, 0.2) is 0 Å². The van der Waals surface area contributed by atoms with Gasteiger partial charge >= 0.3 is 0 Å². The number of nitrogens with two attached hydrogens (primary N) is 1. The van der Waals surface area contributed by atoms with E-state index in [1.54, 1.807) is 0 Å². The van der Waals surface area contributed by atoms with Crippen molar-refractivity contribution in [2.45, 2.75) is 12.5 Å². The standard InChI is InChI=1S/C17H16N2/c18-16(13-6-2-1-3-7-13)12-15-11-10-14-8-4-5-9-17(14)19-15/h1-11,16H,12,18H2. The van der Waals surface area contributed by atoms with E-state index >= 15 is 0 Å². The van der Waals surface area contributed by atoms with E-state index in [4.69, 9.17) is 5.73 Å². The maximum Gasteiger partial charge on any atom is 0.0705 e. The molecule has 2 heteroatoms. The van der Waals surface area contributed by atoms with E-state index in [0.717, 1.165) is 23.2 Å². The highest BCUT2D eigenvalue weighted by atomic mass is 14.7. The van der Waals surface area contributed by atoms with Gasteiger partial charge in [0.05, 0.1) is 5.52 Å². The minimum absolute atomic E-state index is 0.00476. The molecule has 3 rings (SSSR count). The Bertz CT molecular complexity index is 677. The van der Waals surface area contributed by atoms with Crippen molar-refractivity contribution in [2.75, 3.05) is 0 Å². The number of pyridine rings is 1. The summed E-state index contributed by atoms with van der Waals surface area (Å²) in [6.07, 6.45) is 0.759. The maximum atomic E-state index is 6.23. The molecule has 1 heterocycles. The molecule has 0 aliphatic carbocycles. The first-order chi connectivity index (χ1) is 9.33. The summed E-state index contributed by atoms with van der Waals surface area (Å²) in [5, 5.41) is 1.17. The molecule has 1 unspecified atom stereocenters. The minimum Gasteiger partial charge on any atom is -0.324 e. The Morgan fingerprint density at radius 3 is 2.42 bits per heavy atom. The van der Waals surface area contributed by atoms with Crippen molar-refractivity contribution in [3.8, 4) is 0 Å². The molecule has 3 aromatic rings. The van der Waals surface area contributed by atoms with Crippen molar-refractivity contribution >= 4 is 10.9 Å². The van der Waals surface area contributed by atoms with Crippen LogP contribution in [0.3, 0.4) is 0 Å². The van der Waals surface area contributed by atoms with Gasteiger partial charge in [0.25, 0.3) is 0 Å². The van der Waals surface area contributed by atoms with Crippen LogP contribution >= 0.6 is 0 Å². The van der Waals surface area contributed by atoms with Crippen molar-refractivity contribution in [1.82, 2.24) is 4.98 Å². The molecular formula is C17H16N2.